The Labute approximate surface area is 121 Å². The van der Waals surface area contributed by atoms with Crippen LogP contribution in [0, 0.1) is 16.7 Å². The van der Waals surface area contributed by atoms with Crippen molar-refractivity contribution in [3.63, 3.8) is 0 Å². The van der Waals surface area contributed by atoms with Crippen LogP contribution in [0.4, 0.5) is 0 Å². The average Bonchev–Trinajstić information content (AvgIpc) is 2.36. The van der Waals surface area contributed by atoms with Gasteiger partial charge in [-0.2, -0.15) is 0 Å². The van der Waals surface area contributed by atoms with E-state index in [-0.39, 0.29) is 0 Å². The molecule has 1 heteroatoms. The molecule has 0 aromatic carbocycles. The topological polar surface area (TPSA) is 12.0 Å². The molecule has 0 unspecified atom stereocenters. The molecule has 114 valence electrons. The van der Waals surface area contributed by atoms with E-state index < -0.39 is 0 Å². The SMILES string of the molecule is CCCCCC1(CNCC)CCC(C(C)(C)C)CC1. The van der Waals surface area contributed by atoms with Crippen molar-refractivity contribution in [3.8, 4) is 0 Å². The molecule has 0 saturated heterocycles. The van der Waals surface area contributed by atoms with Gasteiger partial charge in [-0.25, -0.2) is 0 Å². The van der Waals surface area contributed by atoms with Crippen molar-refractivity contribution in [2.75, 3.05) is 13.1 Å². The van der Waals surface area contributed by atoms with Crippen molar-refractivity contribution in [3.05, 3.63) is 0 Å². The Balaban J connectivity index is 2.53. The fraction of sp³-hybridized carbons (Fsp3) is 1.00. The van der Waals surface area contributed by atoms with E-state index in [2.05, 4.69) is 39.9 Å². The van der Waals surface area contributed by atoms with Crippen molar-refractivity contribution in [1.82, 2.24) is 5.32 Å². The van der Waals surface area contributed by atoms with Gasteiger partial charge in [0.2, 0.25) is 0 Å². The number of nitrogens with one attached hydrogen (secondary N) is 1. The first-order chi connectivity index (χ1) is 8.93. The molecule has 0 spiro atoms. The Kier molecular flexibility index (Phi) is 6.86. The molecule has 1 fully saturated rings. The Morgan fingerprint density at radius 2 is 1.68 bits per heavy atom. The minimum Gasteiger partial charge on any atom is -0.316 e. The first-order valence-electron chi connectivity index (χ1n) is 8.64. The maximum atomic E-state index is 3.64. The molecule has 1 rings (SSSR count). The van der Waals surface area contributed by atoms with E-state index in [9.17, 15) is 0 Å². The van der Waals surface area contributed by atoms with Crippen LogP contribution in [-0.2, 0) is 0 Å². The van der Waals surface area contributed by atoms with Gasteiger partial charge in [-0.1, -0.05) is 53.9 Å². The molecule has 1 aliphatic rings. The lowest BCUT2D eigenvalue weighted by molar-refractivity contribution is 0.0780. The van der Waals surface area contributed by atoms with Crippen LogP contribution >= 0.6 is 0 Å². The quantitative estimate of drug-likeness (QED) is 0.609. The average molecular weight is 268 g/mol. The Morgan fingerprint density at radius 3 is 2.16 bits per heavy atom. The van der Waals surface area contributed by atoms with Crippen LogP contribution in [0.1, 0.15) is 86.0 Å². The summed E-state index contributed by atoms with van der Waals surface area (Å²) in [5.41, 5.74) is 1.13. The van der Waals surface area contributed by atoms with E-state index >= 15 is 0 Å². The molecule has 0 radical (unpaired) electrons. The lowest BCUT2D eigenvalue weighted by Gasteiger charge is -2.44. The molecule has 1 saturated carbocycles. The van der Waals surface area contributed by atoms with Gasteiger partial charge < -0.3 is 5.32 Å². The lowest BCUT2D eigenvalue weighted by atomic mass is 9.62. The summed E-state index contributed by atoms with van der Waals surface area (Å²) in [7, 11) is 0. The van der Waals surface area contributed by atoms with Crippen LogP contribution in [0.5, 0.6) is 0 Å². The van der Waals surface area contributed by atoms with Gasteiger partial charge in [-0.3, -0.25) is 0 Å². The molecule has 0 heterocycles. The summed E-state index contributed by atoms with van der Waals surface area (Å²) in [5, 5.41) is 3.64. The molecule has 0 amide bonds. The highest BCUT2D eigenvalue weighted by Crippen LogP contribution is 2.47. The molecule has 1 aliphatic carbocycles. The Hall–Kier alpha value is -0.0400. The Bertz CT molecular complexity index is 231. The van der Waals surface area contributed by atoms with Crippen LogP contribution in [0.3, 0.4) is 0 Å². The fourth-order valence-corrected chi connectivity index (χ4v) is 3.75. The third-order valence-corrected chi connectivity index (χ3v) is 5.33. The summed E-state index contributed by atoms with van der Waals surface area (Å²) in [5.74, 6) is 0.938. The van der Waals surface area contributed by atoms with E-state index in [4.69, 9.17) is 0 Å². The lowest BCUT2D eigenvalue weighted by Crippen LogP contribution is -2.39. The highest BCUT2D eigenvalue weighted by Gasteiger charge is 2.37. The summed E-state index contributed by atoms with van der Waals surface area (Å²) in [6.45, 7) is 14.2. The molecule has 0 aliphatic heterocycles. The standard InChI is InChI=1S/C18H37N/c1-6-8-9-12-18(15-19-7-2)13-10-16(11-14-18)17(3,4)5/h16,19H,6-15H2,1-5H3. The summed E-state index contributed by atoms with van der Waals surface area (Å²) in [4.78, 5) is 0. The molecule has 0 aromatic rings. The van der Waals surface area contributed by atoms with Gasteiger partial charge in [0.25, 0.3) is 0 Å². The normalized spacial score (nSPS) is 28.6. The second-order valence-corrected chi connectivity index (χ2v) is 7.88. The Morgan fingerprint density at radius 1 is 1.05 bits per heavy atom. The number of unbranched alkanes of at least 4 members (excludes halogenated alkanes) is 2. The van der Waals surface area contributed by atoms with Crippen molar-refractivity contribution in [1.29, 1.82) is 0 Å². The summed E-state index contributed by atoms with van der Waals surface area (Å²) in [6.07, 6.45) is 11.4. The summed E-state index contributed by atoms with van der Waals surface area (Å²) in [6, 6.07) is 0. The first-order valence-corrected chi connectivity index (χ1v) is 8.64. The van der Waals surface area contributed by atoms with E-state index in [0.717, 1.165) is 12.5 Å². The number of rotatable bonds is 7. The van der Waals surface area contributed by atoms with Crippen molar-refractivity contribution < 1.29 is 0 Å². The van der Waals surface area contributed by atoms with Gasteiger partial charge >= 0.3 is 0 Å². The van der Waals surface area contributed by atoms with E-state index in [0.29, 0.717) is 10.8 Å². The van der Waals surface area contributed by atoms with Gasteiger partial charge in [0.1, 0.15) is 0 Å². The van der Waals surface area contributed by atoms with Crippen molar-refractivity contribution in [2.45, 2.75) is 86.0 Å². The van der Waals surface area contributed by atoms with Gasteiger partial charge in [0, 0.05) is 6.54 Å². The molecular formula is C18H37N. The highest BCUT2D eigenvalue weighted by atomic mass is 14.9. The van der Waals surface area contributed by atoms with Crippen LogP contribution in [0.15, 0.2) is 0 Å². The van der Waals surface area contributed by atoms with Gasteiger partial charge in [0.05, 0.1) is 0 Å². The zero-order valence-electron chi connectivity index (χ0n) is 14.1. The maximum absolute atomic E-state index is 3.64. The molecule has 0 aromatic heterocycles. The molecule has 1 nitrogen and oxygen atoms in total. The zero-order chi connectivity index (χ0) is 14.4. The number of hydrogen-bond acceptors (Lipinski definition) is 1. The van der Waals surface area contributed by atoms with Crippen LogP contribution in [0.2, 0.25) is 0 Å². The van der Waals surface area contributed by atoms with E-state index in [1.54, 1.807) is 0 Å². The zero-order valence-corrected chi connectivity index (χ0v) is 14.1. The smallest absolute Gasteiger partial charge is 0.000769 e. The predicted molar refractivity (Wildman–Crippen MR) is 86.5 cm³/mol. The minimum absolute atomic E-state index is 0.508. The third kappa shape index (κ3) is 5.45. The largest absolute Gasteiger partial charge is 0.316 e. The van der Waals surface area contributed by atoms with Crippen molar-refractivity contribution in [2.24, 2.45) is 16.7 Å². The highest BCUT2D eigenvalue weighted by molar-refractivity contribution is 4.90. The number of hydrogen-bond donors (Lipinski definition) is 1. The van der Waals surface area contributed by atoms with Crippen LogP contribution < -0.4 is 5.32 Å². The second kappa shape index (κ2) is 7.67. The van der Waals surface area contributed by atoms with Crippen LogP contribution in [0.25, 0.3) is 0 Å². The fourth-order valence-electron chi connectivity index (χ4n) is 3.75. The molecule has 19 heavy (non-hydrogen) atoms. The molecular weight excluding hydrogens is 230 g/mol. The summed E-state index contributed by atoms with van der Waals surface area (Å²) < 4.78 is 0. The van der Waals surface area contributed by atoms with E-state index in [1.165, 1.54) is 57.9 Å². The second-order valence-electron chi connectivity index (χ2n) is 7.88. The minimum atomic E-state index is 0.508. The van der Waals surface area contributed by atoms with E-state index in [1.807, 2.05) is 0 Å². The van der Waals surface area contributed by atoms with Gasteiger partial charge in [-0.05, 0) is 55.4 Å². The molecule has 0 bridgehead atoms. The maximum Gasteiger partial charge on any atom is 0.000769 e. The first kappa shape index (κ1) is 17.0. The predicted octanol–water partition coefficient (Wildman–Crippen LogP) is 5.40. The third-order valence-electron chi connectivity index (χ3n) is 5.33. The van der Waals surface area contributed by atoms with Crippen molar-refractivity contribution >= 4 is 0 Å². The van der Waals surface area contributed by atoms with Gasteiger partial charge in [0.15, 0.2) is 0 Å². The van der Waals surface area contributed by atoms with Gasteiger partial charge in [-0.15, -0.1) is 0 Å². The molecule has 0 atom stereocenters. The monoisotopic (exact) mass is 267 g/mol. The van der Waals surface area contributed by atoms with Crippen LogP contribution in [-0.4, -0.2) is 13.1 Å². The molecule has 1 N–H and O–H groups in total. The summed E-state index contributed by atoms with van der Waals surface area (Å²) >= 11 is 0.